The summed E-state index contributed by atoms with van der Waals surface area (Å²) in [6.07, 6.45) is 9.62. The normalized spacial score (nSPS) is 31.0. The summed E-state index contributed by atoms with van der Waals surface area (Å²) >= 11 is 0. The molecule has 3 atom stereocenters. The van der Waals surface area contributed by atoms with Crippen molar-refractivity contribution in [3.63, 3.8) is 0 Å². The highest BCUT2D eigenvalue weighted by Crippen LogP contribution is 2.43. The molecule has 0 radical (unpaired) electrons. The zero-order valence-electron chi connectivity index (χ0n) is 16.9. The molecule has 0 aromatic carbocycles. The quantitative estimate of drug-likeness (QED) is 0.210. The second-order valence-electron chi connectivity index (χ2n) is 8.33. The summed E-state index contributed by atoms with van der Waals surface area (Å²) in [4.78, 5) is 9.58. The molecule has 5 nitrogen and oxygen atoms in total. The molecular formula is C20H37IN4O. The van der Waals surface area contributed by atoms with Crippen molar-refractivity contribution < 1.29 is 4.74 Å². The molecule has 3 unspecified atom stereocenters. The van der Waals surface area contributed by atoms with Crippen LogP contribution in [0, 0.1) is 5.41 Å². The number of guanidine groups is 1. The van der Waals surface area contributed by atoms with Gasteiger partial charge in [0.1, 0.15) is 0 Å². The first-order valence-corrected chi connectivity index (χ1v) is 10.0. The zero-order valence-corrected chi connectivity index (χ0v) is 19.2. The minimum absolute atomic E-state index is 0. The van der Waals surface area contributed by atoms with Crippen LogP contribution in [0.5, 0.6) is 0 Å². The third kappa shape index (κ3) is 4.73. The second kappa shape index (κ2) is 9.73. The number of halogens is 1. The first-order chi connectivity index (χ1) is 12.1. The Labute approximate surface area is 176 Å². The van der Waals surface area contributed by atoms with Crippen LogP contribution < -0.4 is 5.32 Å². The van der Waals surface area contributed by atoms with Gasteiger partial charge in [-0.15, -0.1) is 24.0 Å². The summed E-state index contributed by atoms with van der Waals surface area (Å²) in [7, 11) is 1.91. The van der Waals surface area contributed by atoms with Crippen molar-refractivity contribution in [3.05, 3.63) is 12.2 Å². The predicted molar refractivity (Wildman–Crippen MR) is 119 cm³/mol. The Kier molecular flexibility index (Phi) is 8.22. The molecule has 3 rings (SSSR count). The SMILES string of the molecule is CCCCOC1CC(NC(=NC)N2CCC(N3CC=CC3)C2)C1(C)C.I. The van der Waals surface area contributed by atoms with Crippen LogP contribution in [-0.2, 0) is 4.74 Å². The topological polar surface area (TPSA) is 40.1 Å². The van der Waals surface area contributed by atoms with Gasteiger partial charge in [0.2, 0.25) is 0 Å². The van der Waals surface area contributed by atoms with Gasteiger partial charge in [-0.25, -0.2) is 0 Å². The van der Waals surface area contributed by atoms with E-state index in [2.05, 4.69) is 53.0 Å². The van der Waals surface area contributed by atoms with Crippen molar-refractivity contribution in [3.8, 4) is 0 Å². The maximum absolute atomic E-state index is 6.08. The van der Waals surface area contributed by atoms with E-state index in [4.69, 9.17) is 4.74 Å². The Morgan fingerprint density at radius 1 is 1.31 bits per heavy atom. The van der Waals surface area contributed by atoms with Crippen molar-refractivity contribution in [1.82, 2.24) is 15.1 Å². The minimum Gasteiger partial charge on any atom is -0.378 e. The summed E-state index contributed by atoms with van der Waals surface area (Å²) in [5.41, 5.74) is 0.168. The van der Waals surface area contributed by atoms with Crippen LogP contribution in [0.25, 0.3) is 0 Å². The largest absolute Gasteiger partial charge is 0.378 e. The Morgan fingerprint density at radius 3 is 2.65 bits per heavy atom. The number of aliphatic imine (C=N–C) groups is 1. The third-order valence-electron chi connectivity index (χ3n) is 6.34. The molecule has 2 aliphatic heterocycles. The number of rotatable bonds is 6. The van der Waals surface area contributed by atoms with E-state index < -0.39 is 0 Å². The lowest BCUT2D eigenvalue weighted by molar-refractivity contribution is -0.114. The zero-order chi connectivity index (χ0) is 17.9. The van der Waals surface area contributed by atoms with E-state index in [0.29, 0.717) is 18.2 Å². The maximum Gasteiger partial charge on any atom is 0.193 e. The average Bonchev–Trinajstić information content (AvgIpc) is 3.28. The van der Waals surface area contributed by atoms with Gasteiger partial charge in [0.15, 0.2) is 5.96 Å². The van der Waals surface area contributed by atoms with E-state index in [0.717, 1.165) is 51.6 Å². The Bertz CT molecular complexity index is 500. The summed E-state index contributed by atoms with van der Waals surface area (Å²) in [5.74, 6) is 1.07. The highest BCUT2D eigenvalue weighted by atomic mass is 127. The maximum atomic E-state index is 6.08. The number of nitrogens with one attached hydrogen (secondary N) is 1. The highest BCUT2D eigenvalue weighted by molar-refractivity contribution is 14.0. The molecule has 1 aliphatic carbocycles. The molecule has 1 N–H and O–H groups in total. The molecule has 26 heavy (non-hydrogen) atoms. The van der Waals surface area contributed by atoms with Crippen LogP contribution in [0.2, 0.25) is 0 Å². The smallest absolute Gasteiger partial charge is 0.193 e. The Hall–Kier alpha value is -0.340. The predicted octanol–water partition coefficient (Wildman–Crippen LogP) is 3.11. The van der Waals surface area contributed by atoms with Crippen LogP contribution in [0.3, 0.4) is 0 Å². The van der Waals surface area contributed by atoms with E-state index in [1.807, 2.05) is 7.05 Å². The van der Waals surface area contributed by atoms with Crippen molar-refractivity contribution in [1.29, 1.82) is 0 Å². The Balaban J connectivity index is 0.00000243. The molecule has 150 valence electrons. The molecular weight excluding hydrogens is 439 g/mol. The average molecular weight is 476 g/mol. The number of nitrogens with zero attached hydrogens (tertiary/aromatic N) is 3. The van der Waals surface area contributed by atoms with Crippen LogP contribution >= 0.6 is 24.0 Å². The molecule has 0 amide bonds. The third-order valence-corrected chi connectivity index (χ3v) is 6.34. The molecule has 3 aliphatic rings. The van der Waals surface area contributed by atoms with Gasteiger partial charge in [0, 0.05) is 57.3 Å². The molecule has 1 saturated carbocycles. The molecule has 0 bridgehead atoms. The van der Waals surface area contributed by atoms with Gasteiger partial charge in [-0.2, -0.15) is 0 Å². The second-order valence-corrected chi connectivity index (χ2v) is 8.33. The van der Waals surface area contributed by atoms with Gasteiger partial charge >= 0.3 is 0 Å². The monoisotopic (exact) mass is 476 g/mol. The van der Waals surface area contributed by atoms with Crippen LogP contribution in [0.1, 0.15) is 46.5 Å². The standard InChI is InChI=1S/C20H36N4O.HI/c1-5-6-13-25-18-14-17(20(18,2)3)22-19(21-4)24-12-9-16(15-24)23-10-7-8-11-23;/h7-8,16-18H,5-6,9-15H2,1-4H3,(H,21,22);1H. The lowest BCUT2D eigenvalue weighted by Crippen LogP contribution is -2.63. The number of likely N-dealkylation sites (tertiary alicyclic amines) is 1. The molecule has 1 saturated heterocycles. The van der Waals surface area contributed by atoms with Gasteiger partial charge < -0.3 is 15.0 Å². The number of ether oxygens (including phenoxy) is 1. The van der Waals surface area contributed by atoms with Gasteiger partial charge in [-0.3, -0.25) is 9.89 Å². The van der Waals surface area contributed by atoms with Crippen LogP contribution in [-0.4, -0.2) is 73.8 Å². The first kappa shape index (κ1) is 22.0. The van der Waals surface area contributed by atoms with E-state index in [1.54, 1.807) is 0 Å². The van der Waals surface area contributed by atoms with Gasteiger partial charge in [-0.05, 0) is 19.3 Å². The van der Waals surface area contributed by atoms with Crippen molar-refractivity contribution in [2.75, 3.05) is 39.8 Å². The van der Waals surface area contributed by atoms with Crippen molar-refractivity contribution >= 4 is 29.9 Å². The lowest BCUT2D eigenvalue weighted by Gasteiger charge is -2.52. The van der Waals surface area contributed by atoms with Crippen molar-refractivity contribution in [2.24, 2.45) is 10.4 Å². The summed E-state index contributed by atoms with van der Waals surface area (Å²) in [6, 6.07) is 1.11. The fraction of sp³-hybridized carbons (Fsp3) is 0.850. The Morgan fingerprint density at radius 2 is 2.04 bits per heavy atom. The first-order valence-electron chi connectivity index (χ1n) is 10.0. The molecule has 0 aromatic rings. The summed E-state index contributed by atoms with van der Waals surface area (Å²) < 4.78 is 6.08. The van der Waals surface area contributed by atoms with Gasteiger partial charge in [0.25, 0.3) is 0 Å². The van der Waals surface area contributed by atoms with E-state index in [-0.39, 0.29) is 29.4 Å². The summed E-state index contributed by atoms with van der Waals surface area (Å²) in [6.45, 7) is 12.2. The molecule has 6 heteroatoms. The fourth-order valence-corrected chi connectivity index (χ4v) is 4.26. The molecule has 2 heterocycles. The minimum atomic E-state index is 0. The molecule has 0 aromatic heterocycles. The number of unbranched alkanes of at least 4 members (excludes halogenated alkanes) is 1. The lowest BCUT2D eigenvalue weighted by atomic mass is 9.64. The highest BCUT2D eigenvalue weighted by Gasteiger charge is 2.49. The number of hydrogen-bond donors (Lipinski definition) is 1. The van der Waals surface area contributed by atoms with Crippen molar-refractivity contribution in [2.45, 2.75) is 64.6 Å². The molecule has 2 fully saturated rings. The van der Waals surface area contributed by atoms with E-state index in [9.17, 15) is 0 Å². The van der Waals surface area contributed by atoms with Crippen LogP contribution in [0.15, 0.2) is 17.1 Å². The number of hydrogen-bond acceptors (Lipinski definition) is 3. The van der Waals surface area contributed by atoms with Crippen LogP contribution in [0.4, 0.5) is 0 Å². The van der Waals surface area contributed by atoms with E-state index in [1.165, 1.54) is 12.8 Å². The van der Waals surface area contributed by atoms with E-state index >= 15 is 0 Å². The van der Waals surface area contributed by atoms with Gasteiger partial charge in [0.05, 0.1) is 6.10 Å². The van der Waals surface area contributed by atoms with Gasteiger partial charge in [-0.1, -0.05) is 39.3 Å². The fourth-order valence-electron chi connectivity index (χ4n) is 4.26. The summed E-state index contributed by atoms with van der Waals surface area (Å²) in [5, 5.41) is 3.73. The molecule has 0 spiro atoms.